The van der Waals surface area contributed by atoms with Crippen molar-refractivity contribution in [2.24, 2.45) is 0 Å². The second-order valence-corrected chi connectivity index (χ2v) is 7.12. The van der Waals surface area contributed by atoms with Crippen LogP contribution >= 0.6 is 0 Å². The zero-order valence-corrected chi connectivity index (χ0v) is 16.0. The Bertz CT molecular complexity index is 1020. The Balaban J connectivity index is 1.60. The Morgan fingerprint density at radius 1 is 1.32 bits per heavy atom. The summed E-state index contributed by atoms with van der Waals surface area (Å²) < 4.78 is 7.37. The summed E-state index contributed by atoms with van der Waals surface area (Å²) in [7, 11) is 3.66. The van der Waals surface area contributed by atoms with Gasteiger partial charge in [0.2, 0.25) is 11.7 Å². The van der Waals surface area contributed by atoms with Crippen LogP contribution in [-0.2, 0) is 6.54 Å². The molecular formula is C20H23N5O3. The number of hydrogen-bond acceptors (Lipinski definition) is 6. The first kappa shape index (κ1) is 18.2. The van der Waals surface area contributed by atoms with Gasteiger partial charge in [0.25, 0.3) is 0 Å². The minimum atomic E-state index is -0.456. The normalized spacial score (nSPS) is 17.1. The Hall–Kier alpha value is -3.13. The average Bonchev–Trinajstić information content (AvgIpc) is 3.28. The van der Waals surface area contributed by atoms with E-state index < -0.39 is 4.92 Å². The minimum Gasteiger partial charge on any atom is -0.481 e. The molecule has 0 aliphatic carbocycles. The van der Waals surface area contributed by atoms with Crippen LogP contribution in [0.25, 0.3) is 10.9 Å². The molecular weight excluding hydrogens is 358 g/mol. The van der Waals surface area contributed by atoms with E-state index in [2.05, 4.69) is 39.1 Å². The van der Waals surface area contributed by atoms with E-state index in [-0.39, 0.29) is 11.5 Å². The highest BCUT2D eigenvalue weighted by Crippen LogP contribution is 2.30. The van der Waals surface area contributed by atoms with Crippen molar-refractivity contribution in [3.05, 3.63) is 52.7 Å². The average molecular weight is 381 g/mol. The smallest absolute Gasteiger partial charge is 0.311 e. The molecule has 8 heteroatoms. The summed E-state index contributed by atoms with van der Waals surface area (Å²) in [6.45, 7) is 2.12. The van der Waals surface area contributed by atoms with Gasteiger partial charge in [-0.2, -0.15) is 4.98 Å². The Labute approximate surface area is 162 Å². The van der Waals surface area contributed by atoms with Crippen LogP contribution in [-0.4, -0.2) is 46.1 Å². The summed E-state index contributed by atoms with van der Waals surface area (Å²) in [4.78, 5) is 17.4. The largest absolute Gasteiger partial charge is 0.481 e. The number of pyridine rings is 1. The summed E-state index contributed by atoms with van der Waals surface area (Å²) in [5, 5.41) is 15.4. The van der Waals surface area contributed by atoms with Crippen LogP contribution in [0.15, 0.2) is 42.6 Å². The number of benzene rings is 1. The highest BCUT2D eigenvalue weighted by molar-refractivity contribution is 5.85. The number of anilines is 2. The second kappa shape index (κ2) is 7.47. The molecule has 2 aromatic heterocycles. The van der Waals surface area contributed by atoms with Gasteiger partial charge in [0.1, 0.15) is 0 Å². The highest BCUT2D eigenvalue weighted by atomic mass is 16.6. The lowest BCUT2D eigenvalue weighted by molar-refractivity contribution is -0.384. The molecule has 3 aromatic rings. The number of nitrogens with zero attached hydrogens (tertiary/aromatic N) is 4. The van der Waals surface area contributed by atoms with E-state index in [0.29, 0.717) is 11.9 Å². The zero-order valence-electron chi connectivity index (χ0n) is 16.0. The van der Waals surface area contributed by atoms with Crippen molar-refractivity contribution < 1.29 is 9.66 Å². The van der Waals surface area contributed by atoms with Gasteiger partial charge in [-0.25, -0.2) is 0 Å². The third-order valence-corrected chi connectivity index (χ3v) is 5.37. The van der Waals surface area contributed by atoms with E-state index in [9.17, 15) is 10.1 Å². The monoisotopic (exact) mass is 381 g/mol. The highest BCUT2D eigenvalue weighted by Gasteiger charge is 2.21. The van der Waals surface area contributed by atoms with E-state index in [1.807, 2.05) is 18.2 Å². The Kier molecular flexibility index (Phi) is 4.87. The molecule has 1 aliphatic heterocycles. The van der Waals surface area contributed by atoms with Gasteiger partial charge in [0.15, 0.2) is 0 Å². The van der Waals surface area contributed by atoms with E-state index in [0.717, 1.165) is 29.7 Å². The van der Waals surface area contributed by atoms with Crippen molar-refractivity contribution in [1.82, 2.24) is 14.5 Å². The predicted octanol–water partition coefficient (Wildman–Crippen LogP) is 3.79. The van der Waals surface area contributed by atoms with Crippen LogP contribution in [0.1, 0.15) is 12.8 Å². The minimum absolute atomic E-state index is 0.0947. The number of ether oxygens (including phenoxy) is 1. The summed E-state index contributed by atoms with van der Waals surface area (Å²) in [5.41, 5.74) is 1.80. The van der Waals surface area contributed by atoms with Crippen LogP contribution < -0.4 is 10.1 Å². The number of hydrogen-bond donors (Lipinski definition) is 1. The lowest BCUT2D eigenvalue weighted by atomic mass is 10.2. The molecule has 0 saturated carbocycles. The van der Waals surface area contributed by atoms with E-state index in [1.165, 1.54) is 32.1 Å². The van der Waals surface area contributed by atoms with Gasteiger partial charge in [-0.3, -0.25) is 10.1 Å². The van der Waals surface area contributed by atoms with Crippen LogP contribution in [0.4, 0.5) is 17.2 Å². The Morgan fingerprint density at radius 2 is 2.18 bits per heavy atom. The molecule has 146 valence electrons. The molecule has 0 amide bonds. The van der Waals surface area contributed by atoms with Crippen molar-refractivity contribution in [3.63, 3.8) is 0 Å². The first-order chi connectivity index (χ1) is 13.5. The lowest BCUT2D eigenvalue weighted by Crippen LogP contribution is -2.28. The second-order valence-electron chi connectivity index (χ2n) is 7.12. The quantitative estimate of drug-likeness (QED) is 0.516. The van der Waals surface area contributed by atoms with Crippen LogP contribution in [0.3, 0.4) is 0 Å². The number of likely N-dealkylation sites (tertiary alicyclic amines) is 1. The topological polar surface area (TPSA) is 85.5 Å². The molecule has 28 heavy (non-hydrogen) atoms. The van der Waals surface area contributed by atoms with Crippen molar-refractivity contribution in [3.8, 4) is 5.88 Å². The maximum atomic E-state index is 11.3. The SMILES string of the molecule is COc1ccc([N+](=O)[O-])c(Nc2ccc3c(ccn3CC3CCCN3C)c2)n1. The summed E-state index contributed by atoms with van der Waals surface area (Å²) in [6, 6.07) is 11.4. The fraction of sp³-hybridized carbons (Fsp3) is 0.350. The van der Waals surface area contributed by atoms with E-state index in [1.54, 1.807) is 0 Å². The third kappa shape index (κ3) is 3.50. The van der Waals surface area contributed by atoms with Crippen LogP contribution in [0.2, 0.25) is 0 Å². The molecule has 0 radical (unpaired) electrons. The molecule has 1 aliphatic rings. The fourth-order valence-electron chi connectivity index (χ4n) is 3.80. The van der Waals surface area contributed by atoms with Gasteiger partial charge in [0, 0.05) is 47.5 Å². The number of nitro groups is 1. The van der Waals surface area contributed by atoms with Crippen molar-refractivity contribution >= 4 is 28.1 Å². The molecule has 1 atom stereocenters. The summed E-state index contributed by atoms with van der Waals surface area (Å²) in [6.07, 6.45) is 4.58. The van der Waals surface area contributed by atoms with Gasteiger partial charge in [0.05, 0.1) is 12.0 Å². The first-order valence-corrected chi connectivity index (χ1v) is 9.31. The maximum absolute atomic E-state index is 11.3. The Morgan fingerprint density at radius 3 is 2.89 bits per heavy atom. The van der Waals surface area contributed by atoms with Crippen molar-refractivity contribution in [2.45, 2.75) is 25.4 Å². The number of aromatic nitrogens is 2. The van der Waals surface area contributed by atoms with E-state index in [4.69, 9.17) is 4.74 Å². The molecule has 3 heterocycles. The van der Waals surface area contributed by atoms with Crippen molar-refractivity contribution in [2.75, 3.05) is 26.0 Å². The van der Waals surface area contributed by atoms with Gasteiger partial charge < -0.3 is 19.5 Å². The zero-order chi connectivity index (χ0) is 19.7. The third-order valence-electron chi connectivity index (χ3n) is 5.37. The number of nitrogens with one attached hydrogen (secondary N) is 1. The van der Waals surface area contributed by atoms with Gasteiger partial charge in [-0.15, -0.1) is 0 Å². The molecule has 1 aromatic carbocycles. The van der Waals surface area contributed by atoms with Crippen LogP contribution in [0.5, 0.6) is 5.88 Å². The molecule has 4 rings (SSSR count). The van der Waals surface area contributed by atoms with Gasteiger partial charge >= 0.3 is 5.69 Å². The molecule has 1 N–H and O–H groups in total. The summed E-state index contributed by atoms with van der Waals surface area (Å²) in [5.74, 6) is 0.483. The standard InChI is InChI=1S/C20H23N5O3/c1-23-10-3-4-16(23)13-24-11-9-14-12-15(5-6-17(14)24)21-20-18(25(26)27)7-8-19(22-20)28-2/h5-9,11-12,16H,3-4,10,13H2,1-2H3,(H,21,22). The molecule has 0 spiro atoms. The van der Waals surface area contributed by atoms with Gasteiger partial charge in [-0.05, 0) is 50.7 Å². The number of rotatable bonds is 6. The lowest BCUT2D eigenvalue weighted by Gasteiger charge is -2.20. The molecule has 8 nitrogen and oxygen atoms in total. The number of likely N-dealkylation sites (N-methyl/N-ethyl adjacent to an activating group) is 1. The predicted molar refractivity (Wildman–Crippen MR) is 108 cm³/mol. The summed E-state index contributed by atoms with van der Waals surface area (Å²) >= 11 is 0. The van der Waals surface area contributed by atoms with E-state index >= 15 is 0 Å². The molecule has 1 unspecified atom stereocenters. The van der Waals surface area contributed by atoms with Gasteiger partial charge in [-0.1, -0.05) is 0 Å². The van der Waals surface area contributed by atoms with Crippen molar-refractivity contribution in [1.29, 1.82) is 0 Å². The number of methoxy groups -OCH3 is 1. The maximum Gasteiger partial charge on any atom is 0.311 e. The number of fused-ring (bicyclic) bond motifs is 1. The fourth-order valence-corrected chi connectivity index (χ4v) is 3.80. The van der Waals surface area contributed by atoms with Crippen LogP contribution in [0, 0.1) is 10.1 Å². The molecule has 1 fully saturated rings. The molecule has 1 saturated heterocycles. The molecule has 0 bridgehead atoms. The first-order valence-electron chi connectivity index (χ1n) is 9.31.